The topological polar surface area (TPSA) is 42.7 Å². The minimum absolute atomic E-state index is 0.742. The summed E-state index contributed by atoms with van der Waals surface area (Å²) in [6, 6.07) is 8.98. The van der Waals surface area contributed by atoms with Gasteiger partial charge in [-0.2, -0.15) is 0 Å². The lowest BCUT2D eigenvalue weighted by molar-refractivity contribution is 0.637. The van der Waals surface area contributed by atoms with Crippen molar-refractivity contribution in [3.05, 3.63) is 42.0 Å². The van der Waals surface area contributed by atoms with Crippen molar-refractivity contribution < 1.29 is 0 Å². The van der Waals surface area contributed by atoms with Crippen LogP contribution in [0.2, 0.25) is 19.6 Å². The Kier molecular flexibility index (Phi) is 4.16. The Morgan fingerprint density at radius 1 is 1.11 bits per heavy atom. The molecule has 0 spiro atoms. The Balaban J connectivity index is 1.89. The van der Waals surface area contributed by atoms with Crippen LogP contribution in [0.1, 0.15) is 11.4 Å². The maximum atomic E-state index is 4.05. The van der Waals surface area contributed by atoms with Crippen molar-refractivity contribution >= 4 is 13.3 Å². The van der Waals surface area contributed by atoms with Gasteiger partial charge in [0.2, 0.25) is 0 Å². The molecule has 0 aliphatic heterocycles. The van der Waals surface area contributed by atoms with Gasteiger partial charge in [-0.25, -0.2) is 0 Å². The number of benzene rings is 1. The third-order valence-electron chi connectivity index (χ3n) is 3.24. The highest BCUT2D eigenvalue weighted by Gasteiger charge is 2.15. The van der Waals surface area contributed by atoms with Gasteiger partial charge in [-0.15, -0.1) is 10.2 Å². The van der Waals surface area contributed by atoms with Crippen LogP contribution in [0.4, 0.5) is 0 Å². The van der Waals surface area contributed by atoms with Crippen LogP contribution in [0.3, 0.4) is 0 Å². The second-order valence-electron chi connectivity index (χ2n) is 5.91. The number of nitrogens with one attached hydrogen (secondary N) is 1. The molecule has 1 heterocycles. The molecule has 0 radical (unpaired) electrons. The van der Waals surface area contributed by atoms with Crippen molar-refractivity contribution in [2.45, 2.75) is 32.7 Å². The average Bonchev–Trinajstić information content (AvgIpc) is 2.75. The zero-order valence-corrected chi connectivity index (χ0v) is 13.1. The molecule has 0 bridgehead atoms. The van der Waals surface area contributed by atoms with E-state index in [9.17, 15) is 0 Å². The third kappa shape index (κ3) is 3.75. The average molecular weight is 274 g/mol. The Bertz CT molecular complexity index is 525. The van der Waals surface area contributed by atoms with E-state index in [1.807, 2.05) is 11.6 Å². The molecule has 0 aliphatic rings. The van der Waals surface area contributed by atoms with Crippen LogP contribution in [-0.4, -0.2) is 22.8 Å². The molecule has 19 heavy (non-hydrogen) atoms. The lowest BCUT2D eigenvalue weighted by Gasteiger charge is -2.16. The largest absolute Gasteiger partial charge is 0.320 e. The van der Waals surface area contributed by atoms with Crippen LogP contribution in [0.5, 0.6) is 0 Å². The van der Waals surface area contributed by atoms with Crippen LogP contribution in [0, 0.1) is 0 Å². The quantitative estimate of drug-likeness (QED) is 0.843. The normalized spacial score (nSPS) is 11.8. The Morgan fingerprint density at radius 3 is 2.32 bits per heavy atom. The van der Waals surface area contributed by atoms with Crippen molar-refractivity contribution in [3.63, 3.8) is 0 Å². The van der Waals surface area contributed by atoms with Gasteiger partial charge in [-0.1, -0.05) is 49.1 Å². The molecule has 102 valence electrons. The van der Waals surface area contributed by atoms with Gasteiger partial charge >= 0.3 is 0 Å². The molecule has 0 aliphatic carbocycles. The van der Waals surface area contributed by atoms with Gasteiger partial charge in [0.25, 0.3) is 0 Å². The van der Waals surface area contributed by atoms with Crippen molar-refractivity contribution in [2.24, 2.45) is 7.05 Å². The smallest absolute Gasteiger partial charge is 0.146 e. The van der Waals surface area contributed by atoms with Crippen molar-refractivity contribution in [3.8, 4) is 0 Å². The van der Waals surface area contributed by atoms with Gasteiger partial charge in [-0.3, -0.25) is 0 Å². The van der Waals surface area contributed by atoms with E-state index in [4.69, 9.17) is 0 Å². The van der Waals surface area contributed by atoms with E-state index in [0.717, 1.165) is 18.9 Å². The van der Waals surface area contributed by atoms with Crippen LogP contribution in [0.25, 0.3) is 0 Å². The lowest BCUT2D eigenvalue weighted by Crippen LogP contribution is -2.37. The van der Waals surface area contributed by atoms with Crippen LogP contribution >= 0.6 is 0 Å². The Morgan fingerprint density at radius 2 is 1.79 bits per heavy atom. The highest BCUT2D eigenvalue weighted by molar-refractivity contribution is 6.88. The summed E-state index contributed by atoms with van der Waals surface area (Å²) in [5, 5.41) is 12.8. The summed E-state index contributed by atoms with van der Waals surface area (Å²) in [6.45, 7) is 8.71. The molecule has 0 atom stereocenters. The molecule has 1 aromatic heterocycles. The number of rotatable bonds is 5. The van der Waals surface area contributed by atoms with Gasteiger partial charge in [-0.05, 0) is 5.56 Å². The fraction of sp³-hybridized carbons (Fsp3) is 0.429. The standard InChI is InChI=1S/C14H22N4Si/c1-18-11-16-17-14(18)10-15-9-12-5-7-13(8-6-12)19(2,3)4/h5-8,11,15H,9-10H2,1-4H3. The maximum Gasteiger partial charge on any atom is 0.146 e. The number of hydrogen-bond donors (Lipinski definition) is 1. The van der Waals surface area contributed by atoms with E-state index >= 15 is 0 Å². The van der Waals surface area contributed by atoms with Crippen molar-refractivity contribution in [2.75, 3.05) is 0 Å². The first-order valence-electron chi connectivity index (χ1n) is 6.60. The van der Waals surface area contributed by atoms with Gasteiger partial charge < -0.3 is 9.88 Å². The number of hydrogen-bond acceptors (Lipinski definition) is 3. The first kappa shape index (κ1) is 14.0. The van der Waals surface area contributed by atoms with E-state index in [1.54, 1.807) is 6.33 Å². The zero-order valence-electron chi connectivity index (χ0n) is 12.1. The molecule has 1 N–H and O–H groups in total. The molecule has 0 saturated carbocycles. The van der Waals surface area contributed by atoms with E-state index < -0.39 is 8.07 Å². The number of aryl methyl sites for hydroxylation is 1. The Hall–Kier alpha value is -1.46. The van der Waals surface area contributed by atoms with E-state index in [1.165, 1.54) is 10.8 Å². The molecule has 0 fully saturated rings. The summed E-state index contributed by atoms with van der Waals surface area (Å²) in [6.07, 6.45) is 1.72. The molecule has 2 aromatic rings. The molecule has 1 aromatic carbocycles. The molecule has 0 amide bonds. The van der Waals surface area contributed by atoms with Gasteiger partial charge in [0.1, 0.15) is 12.2 Å². The first-order chi connectivity index (χ1) is 8.97. The molecule has 5 heteroatoms. The molecule has 4 nitrogen and oxygen atoms in total. The second kappa shape index (κ2) is 5.67. The minimum atomic E-state index is -1.18. The second-order valence-corrected chi connectivity index (χ2v) is 11.0. The predicted molar refractivity (Wildman–Crippen MR) is 81.0 cm³/mol. The molecule has 0 saturated heterocycles. The van der Waals surface area contributed by atoms with Crippen LogP contribution in [-0.2, 0) is 20.1 Å². The summed E-state index contributed by atoms with van der Waals surface area (Å²) in [7, 11) is 0.778. The number of nitrogens with zero attached hydrogens (tertiary/aromatic N) is 3. The minimum Gasteiger partial charge on any atom is -0.320 e. The van der Waals surface area contributed by atoms with E-state index in [2.05, 4.69) is 59.4 Å². The fourth-order valence-corrected chi connectivity index (χ4v) is 3.08. The van der Waals surface area contributed by atoms with E-state index in [0.29, 0.717) is 0 Å². The van der Waals surface area contributed by atoms with Crippen molar-refractivity contribution in [1.82, 2.24) is 20.1 Å². The summed E-state index contributed by atoms with van der Waals surface area (Å²) < 4.78 is 1.93. The Labute approximate surface area is 115 Å². The van der Waals surface area contributed by atoms with Gasteiger partial charge in [0.15, 0.2) is 0 Å². The first-order valence-corrected chi connectivity index (χ1v) is 10.1. The number of aromatic nitrogens is 3. The highest BCUT2D eigenvalue weighted by Crippen LogP contribution is 2.04. The monoisotopic (exact) mass is 274 g/mol. The zero-order chi connectivity index (χ0) is 13.9. The van der Waals surface area contributed by atoms with Crippen molar-refractivity contribution in [1.29, 1.82) is 0 Å². The van der Waals surface area contributed by atoms with E-state index in [-0.39, 0.29) is 0 Å². The maximum absolute atomic E-state index is 4.05. The highest BCUT2D eigenvalue weighted by atomic mass is 28.3. The summed E-state index contributed by atoms with van der Waals surface area (Å²) in [4.78, 5) is 0. The summed E-state index contributed by atoms with van der Waals surface area (Å²) >= 11 is 0. The molecular weight excluding hydrogens is 252 g/mol. The third-order valence-corrected chi connectivity index (χ3v) is 5.30. The predicted octanol–water partition coefficient (Wildman–Crippen LogP) is 1.65. The molecule has 0 unspecified atom stereocenters. The summed E-state index contributed by atoms with van der Waals surface area (Å²) in [5.41, 5.74) is 1.31. The fourth-order valence-electron chi connectivity index (χ4n) is 1.91. The lowest BCUT2D eigenvalue weighted by atomic mass is 10.2. The molecule has 2 rings (SSSR count). The molecular formula is C14H22N4Si. The summed E-state index contributed by atoms with van der Waals surface area (Å²) in [5.74, 6) is 0.957. The van der Waals surface area contributed by atoms with Crippen LogP contribution in [0.15, 0.2) is 30.6 Å². The van der Waals surface area contributed by atoms with Gasteiger partial charge in [0, 0.05) is 13.6 Å². The van der Waals surface area contributed by atoms with Crippen LogP contribution < -0.4 is 10.5 Å². The van der Waals surface area contributed by atoms with Gasteiger partial charge in [0.05, 0.1) is 14.6 Å². The SMILES string of the molecule is Cn1cnnc1CNCc1ccc([Si](C)(C)C)cc1.